The van der Waals surface area contributed by atoms with Gasteiger partial charge in [-0.05, 0) is 12.0 Å². The van der Waals surface area contributed by atoms with Gasteiger partial charge in [0.1, 0.15) is 0 Å². The number of nitro benzene ring substituents is 1. The first-order valence-corrected chi connectivity index (χ1v) is 7.29. The van der Waals surface area contributed by atoms with Crippen molar-refractivity contribution < 1.29 is 9.72 Å². The number of aromatic nitrogens is 1. The minimum Gasteiger partial charge on any atom is -0.298 e. The largest absolute Gasteiger partial charge is 0.298 e. The number of nitrogens with one attached hydrogen (secondary N) is 1. The fraction of sp³-hybridized carbons (Fsp3) is 0.231. The van der Waals surface area contributed by atoms with Gasteiger partial charge in [0.05, 0.1) is 15.5 Å². The first-order chi connectivity index (χ1) is 9.88. The molecular formula is C13H12ClN3O3S. The topological polar surface area (TPSA) is 85.1 Å². The van der Waals surface area contributed by atoms with Gasteiger partial charge in [-0.25, -0.2) is 4.98 Å². The van der Waals surface area contributed by atoms with E-state index in [-0.39, 0.29) is 16.3 Å². The van der Waals surface area contributed by atoms with Crippen LogP contribution < -0.4 is 5.32 Å². The van der Waals surface area contributed by atoms with Crippen molar-refractivity contribution in [2.45, 2.75) is 19.8 Å². The molecule has 6 nitrogen and oxygen atoms in total. The zero-order chi connectivity index (χ0) is 15.6. The second-order valence-electron chi connectivity index (χ2n) is 4.60. The van der Waals surface area contributed by atoms with Gasteiger partial charge in [0, 0.05) is 23.2 Å². The van der Waals surface area contributed by atoms with Crippen molar-refractivity contribution in [2.24, 2.45) is 0 Å². The molecule has 0 bridgehead atoms. The molecule has 0 spiro atoms. The predicted octanol–water partition coefficient (Wildman–Crippen LogP) is 4.08. The zero-order valence-electron chi connectivity index (χ0n) is 11.3. The number of non-ortho nitro benzene ring substituents is 1. The Hall–Kier alpha value is -1.99. The van der Waals surface area contributed by atoms with Gasteiger partial charge in [0.25, 0.3) is 11.6 Å². The predicted molar refractivity (Wildman–Crippen MR) is 82.3 cm³/mol. The lowest BCUT2D eigenvalue weighted by Gasteiger charge is -2.04. The number of carbonyl (C=O) groups excluding carboxylic acids is 1. The van der Waals surface area contributed by atoms with E-state index in [0.29, 0.717) is 11.0 Å². The molecule has 1 N–H and O–H groups in total. The van der Waals surface area contributed by atoms with Gasteiger partial charge in [-0.2, -0.15) is 0 Å². The summed E-state index contributed by atoms with van der Waals surface area (Å²) in [5.41, 5.74) is -0.140. The second kappa shape index (κ2) is 6.19. The van der Waals surface area contributed by atoms with Gasteiger partial charge in [-0.1, -0.05) is 25.4 Å². The molecule has 110 valence electrons. The molecule has 8 heteroatoms. The highest BCUT2D eigenvalue weighted by atomic mass is 35.5. The first-order valence-electron chi connectivity index (χ1n) is 6.09. The van der Waals surface area contributed by atoms with Gasteiger partial charge >= 0.3 is 0 Å². The maximum absolute atomic E-state index is 12.1. The van der Waals surface area contributed by atoms with Crippen LogP contribution in [0.2, 0.25) is 5.02 Å². The number of thiazole rings is 1. The zero-order valence-corrected chi connectivity index (χ0v) is 12.9. The van der Waals surface area contributed by atoms with Crippen LogP contribution >= 0.6 is 22.9 Å². The van der Waals surface area contributed by atoms with Gasteiger partial charge in [0.15, 0.2) is 5.13 Å². The summed E-state index contributed by atoms with van der Waals surface area (Å²) in [6, 6.07) is 3.73. The molecule has 0 aliphatic heterocycles. The Labute approximate surface area is 129 Å². The van der Waals surface area contributed by atoms with E-state index in [1.165, 1.54) is 23.5 Å². The average molecular weight is 326 g/mol. The molecule has 2 rings (SSSR count). The highest BCUT2D eigenvalue weighted by Gasteiger charge is 2.17. The first kappa shape index (κ1) is 15.4. The lowest BCUT2D eigenvalue weighted by atomic mass is 10.2. The highest BCUT2D eigenvalue weighted by Crippen LogP contribution is 2.27. The summed E-state index contributed by atoms with van der Waals surface area (Å²) in [6.45, 7) is 4.05. The summed E-state index contributed by atoms with van der Waals surface area (Å²) in [7, 11) is 0. The molecule has 0 fully saturated rings. The third kappa shape index (κ3) is 3.56. The molecule has 0 atom stereocenters. The SMILES string of the molecule is CC(C)c1cnc(NC(=O)c2cc([N+](=O)[O-])ccc2Cl)s1. The Balaban J connectivity index is 2.23. The van der Waals surface area contributed by atoms with Crippen molar-refractivity contribution in [3.05, 3.63) is 50.0 Å². The molecule has 1 heterocycles. The van der Waals surface area contributed by atoms with Crippen LogP contribution in [-0.4, -0.2) is 15.8 Å². The Morgan fingerprint density at radius 2 is 2.19 bits per heavy atom. The van der Waals surface area contributed by atoms with Crippen molar-refractivity contribution >= 4 is 39.7 Å². The van der Waals surface area contributed by atoms with Crippen LogP contribution in [-0.2, 0) is 0 Å². The average Bonchev–Trinajstić information content (AvgIpc) is 2.87. The number of amides is 1. The minimum absolute atomic E-state index is 0.0483. The molecule has 0 aliphatic rings. The monoisotopic (exact) mass is 325 g/mol. The summed E-state index contributed by atoms with van der Waals surface area (Å²) in [6.07, 6.45) is 1.69. The summed E-state index contributed by atoms with van der Waals surface area (Å²) in [5, 5.41) is 13.9. The number of hydrogen-bond acceptors (Lipinski definition) is 5. The lowest BCUT2D eigenvalue weighted by Crippen LogP contribution is -2.12. The van der Waals surface area contributed by atoms with Gasteiger partial charge < -0.3 is 0 Å². The molecule has 1 amide bonds. The fourth-order valence-electron chi connectivity index (χ4n) is 1.58. The third-order valence-corrected chi connectivity index (χ3v) is 4.26. The van der Waals surface area contributed by atoms with E-state index in [1.807, 2.05) is 13.8 Å². The smallest absolute Gasteiger partial charge is 0.270 e. The number of nitro groups is 1. The van der Waals surface area contributed by atoms with E-state index in [9.17, 15) is 14.9 Å². The lowest BCUT2D eigenvalue weighted by molar-refractivity contribution is -0.384. The van der Waals surface area contributed by atoms with Crippen LogP contribution in [0.5, 0.6) is 0 Å². The van der Waals surface area contributed by atoms with E-state index in [2.05, 4.69) is 10.3 Å². The van der Waals surface area contributed by atoms with Crippen molar-refractivity contribution in [1.82, 2.24) is 4.98 Å². The number of hydrogen-bond donors (Lipinski definition) is 1. The van der Waals surface area contributed by atoms with E-state index in [4.69, 9.17) is 11.6 Å². The van der Waals surface area contributed by atoms with Crippen molar-refractivity contribution in [1.29, 1.82) is 0 Å². The van der Waals surface area contributed by atoms with Crippen LogP contribution in [0.4, 0.5) is 10.8 Å². The van der Waals surface area contributed by atoms with Gasteiger partial charge in [0.2, 0.25) is 0 Å². The minimum atomic E-state index is -0.576. The van der Waals surface area contributed by atoms with Crippen molar-refractivity contribution in [2.75, 3.05) is 5.32 Å². The Morgan fingerprint density at radius 3 is 2.76 bits per heavy atom. The van der Waals surface area contributed by atoms with E-state index >= 15 is 0 Å². The molecular weight excluding hydrogens is 314 g/mol. The van der Waals surface area contributed by atoms with Crippen molar-refractivity contribution in [3.63, 3.8) is 0 Å². The summed E-state index contributed by atoms with van der Waals surface area (Å²) in [5.74, 6) is -0.206. The van der Waals surface area contributed by atoms with Crippen LogP contribution in [0.3, 0.4) is 0 Å². The summed E-state index contributed by atoms with van der Waals surface area (Å²) in [4.78, 5) is 27.4. The van der Waals surface area contributed by atoms with Crippen molar-refractivity contribution in [3.8, 4) is 0 Å². The number of nitrogens with zero attached hydrogens (tertiary/aromatic N) is 2. The quantitative estimate of drug-likeness (QED) is 0.678. The molecule has 0 saturated carbocycles. The number of rotatable bonds is 4. The molecule has 0 radical (unpaired) electrons. The third-order valence-electron chi connectivity index (χ3n) is 2.72. The van der Waals surface area contributed by atoms with E-state index in [1.54, 1.807) is 6.20 Å². The number of carbonyl (C=O) groups is 1. The maximum atomic E-state index is 12.1. The Morgan fingerprint density at radius 1 is 1.48 bits per heavy atom. The number of benzene rings is 1. The second-order valence-corrected chi connectivity index (χ2v) is 6.07. The van der Waals surface area contributed by atoms with Crippen LogP contribution in [0.1, 0.15) is 35.0 Å². The maximum Gasteiger partial charge on any atom is 0.270 e. The number of anilines is 1. The van der Waals surface area contributed by atoms with E-state index < -0.39 is 10.8 Å². The van der Waals surface area contributed by atoms with Gasteiger partial charge in [-0.15, -0.1) is 11.3 Å². The molecule has 2 aromatic rings. The molecule has 0 saturated heterocycles. The molecule has 1 aromatic heterocycles. The normalized spacial score (nSPS) is 10.7. The standard InChI is InChI=1S/C13H12ClN3O3S/c1-7(2)11-6-15-13(21-11)16-12(18)9-5-8(17(19)20)3-4-10(9)14/h3-7H,1-2H3,(H,15,16,18). The summed E-state index contributed by atoms with van der Waals surface area (Å²) >= 11 is 7.28. The molecule has 0 unspecified atom stereocenters. The van der Waals surface area contributed by atoms with Gasteiger partial charge in [-0.3, -0.25) is 20.2 Å². The molecule has 1 aromatic carbocycles. The van der Waals surface area contributed by atoms with Crippen LogP contribution in [0.25, 0.3) is 0 Å². The fourth-order valence-corrected chi connectivity index (χ4v) is 2.59. The van der Waals surface area contributed by atoms with E-state index in [0.717, 1.165) is 10.9 Å². The Bertz CT molecular complexity index is 700. The molecule has 0 aliphatic carbocycles. The summed E-state index contributed by atoms with van der Waals surface area (Å²) < 4.78 is 0. The number of halogens is 1. The Kier molecular flexibility index (Phi) is 4.54. The van der Waals surface area contributed by atoms with Crippen LogP contribution in [0, 0.1) is 10.1 Å². The highest BCUT2D eigenvalue weighted by molar-refractivity contribution is 7.15. The van der Waals surface area contributed by atoms with Crippen LogP contribution in [0.15, 0.2) is 24.4 Å². The molecule has 21 heavy (non-hydrogen) atoms.